The number of methoxy groups -OCH3 is 1. The van der Waals surface area contributed by atoms with Crippen molar-refractivity contribution in [2.45, 2.75) is 25.7 Å². The highest BCUT2D eigenvalue weighted by atomic mass is 32.2. The van der Waals surface area contributed by atoms with Crippen molar-refractivity contribution >= 4 is 23.6 Å². The van der Waals surface area contributed by atoms with Crippen LogP contribution in [0, 0.1) is 0 Å². The number of amides is 1. The zero-order chi connectivity index (χ0) is 11.5. The molecule has 0 aliphatic heterocycles. The zero-order valence-corrected chi connectivity index (χ0v) is 9.77. The molecule has 0 aromatic heterocycles. The maximum absolute atomic E-state index is 10.7. The van der Waals surface area contributed by atoms with Gasteiger partial charge in [-0.05, 0) is 18.6 Å². The molecule has 1 amide bonds. The fourth-order valence-corrected chi connectivity index (χ4v) is 1.84. The minimum atomic E-state index is -0.176. The van der Waals surface area contributed by atoms with E-state index in [4.69, 9.17) is 5.84 Å². The molecule has 6 heteroatoms. The lowest BCUT2D eigenvalue weighted by molar-refractivity contribution is -0.140. The first-order valence-corrected chi connectivity index (χ1v) is 6.00. The molecular weight excluding hydrogens is 216 g/mol. The predicted molar refractivity (Wildman–Crippen MR) is 60.1 cm³/mol. The van der Waals surface area contributed by atoms with Crippen LogP contribution in [-0.2, 0) is 14.3 Å². The first-order valence-electron chi connectivity index (χ1n) is 4.84. The SMILES string of the molecule is COC(=O)CCSCCCCC(=O)NN. The van der Waals surface area contributed by atoms with Crippen LogP contribution in [0.2, 0.25) is 0 Å². The summed E-state index contributed by atoms with van der Waals surface area (Å²) in [5, 5.41) is 0. The highest BCUT2D eigenvalue weighted by Gasteiger charge is 2.00. The fraction of sp³-hybridized carbons (Fsp3) is 0.778. The summed E-state index contributed by atoms with van der Waals surface area (Å²) in [6, 6.07) is 0. The number of unbranched alkanes of at least 4 members (excludes halogenated alkanes) is 1. The van der Waals surface area contributed by atoms with E-state index >= 15 is 0 Å². The molecule has 5 nitrogen and oxygen atoms in total. The minimum Gasteiger partial charge on any atom is -0.469 e. The lowest BCUT2D eigenvalue weighted by Crippen LogP contribution is -2.29. The average Bonchev–Trinajstić information content (AvgIpc) is 2.26. The Hall–Kier alpha value is -0.750. The molecule has 3 N–H and O–H groups in total. The summed E-state index contributed by atoms with van der Waals surface area (Å²) in [5.41, 5.74) is 2.08. The van der Waals surface area contributed by atoms with Gasteiger partial charge in [0.2, 0.25) is 5.91 Å². The molecule has 88 valence electrons. The Bertz CT molecular complexity index is 180. The number of carbonyl (C=O) groups excluding carboxylic acids is 2. The van der Waals surface area contributed by atoms with Crippen LogP contribution in [-0.4, -0.2) is 30.5 Å². The number of nitrogens with two attached hydrogens (primary N) is 1. The standard InChI is InChI=1S/C9H18N2O3S/c1-14-9(13)5-7-15-6-3-2-4-8(12)11-10/h2-7,10H2,1H3,(H,11,12). The van der Waals surface area contributed by atoms with E-state index in [9.17, 15) is 9.59 Å². The van der Waals surface area contributed by atoms with Crippen molar-refractivity contribution in [3.63, 3.8) is 0 Å². The zero-order valence-electron chi connectivity index (χ0n) is 8.95. The van der Waals surface area contributed by atoms with Crippen LogP contribution in [0.25, 0.3) is 0 Å². The quantitative estimate of drug-likeness (QED) is 0.209. The largest absolute Gasteiger partial charge is 0.469 e. The van der Waals surface area contributed by atoms with Crippen molar-refractivity contribution in [3.8, 4) is 0 Å². The van der Waals surface area contributed by atoms with E-state index in [1.807, 2.05) is 0 Å². The normalized spacial score (nSPS) is 9.73. The number of nitrogens with one attached hydrogen (secondary N) is 1. The van der Waals surface area contributed by atoms with E-state index < -0.39 is 0 Å². The second-order valence-corrected chi connectivity index (χ2v) is 4.19. The number of hydrogen-bond acceptors (Lipinski definition) is 5. The number of carbonyl (C=O) groups is 2. The van der Waals surface area contributed by atoms with Gasteiger partial charge in [0.15, 0.2) is 0 Å². The molecule has 0 aromatic rings. The molecule has 0 spiro atoms. The third-order valence-electron chi connectivity index (χ3n) is 1.78. The second-order valence-electron chi connectivity index (χ2n) is 2.96. The maximum atomic E-state index is 10.7. The molecule has 0 saturated carbocycles. The van der Waals surface area contributed by atoms with Gasteiger partial charge in [-0.25, -0.2) is 5.84 Å². The van der Waals surface area contributed by atoms with Gasteiger partial charge in [0.05, 0.1) is 13.5 Å². The van der Waals surface area contributed by atoms with Crippen molar-refractivity contribution in [2.75, 3.05) is 18.6 Å². The van der Waals surface area contributed by atoms with Crippen LogP contribution in [0.1, 0.15) is 25.7 Å². The third kappa shape index (κ3) is 9.55. The van der Waals surface area contributed by atoms with Crippen molar-refractivity contribution in [1.29, 1.82) is 0 Å². The third-order valence-corrected chi connectivity index (χ3v) is 2.85. The number of ether oxygens (including phenoxy) is 1. The first kappa shape index (κ1) is 14.2. The Labute approximate surface area is 94.1 Å². The van der Waals surface area contributed by atoms with Gasteiger partial charge in [-0.2, -0.15) is 11.8 Å². The Morgan fingerprint density at radius 2 is 2.00 bits per heavy atom. The molecule has 0 radical (unpaired) electrons. The van der Waals surface area contributed by atoms with Crippen molar-refractivity contribution in [1.82, 2.24) is 5.43 Å². The number of thioether (sulfide) groups is 1. The summed E-state index contributed by atoms with van der Waals surface area (Å²) in [7, 11) is 1.39. The lowest BCUT2D eigenvalue weighted by atomic mass is 10.2. The first-order chi connectivity index (χ1) is 7.20. The Morgan fingerprint density at radius 3 is 2.60 bits per heavy atom. The lowest BCUT2D eigenvalue weighted by Gasteiger charge is -2.01. The number of hydrogen-bond donors (Lipinski definition) is 2. The van der Waals surface area contributed by atoms with E-state index in [2.05, 4.69) is 10.2 Å². The van der Waals surface area contributed by atoms with E-state index in [1.165, 1.54) is 7.11 Å². The maximum Gasteiger partial charge on any atom is 0.306 e. The van der Waals surface area contributed by atoms with Gasteiger partial charge in [0.25, 0.3) is 0 Å². The molecule has 0 aliphatic rings. The smallest absolute Gasteiger partial charge is 0.306 e. The molecule has 0 saturated heterocycles. The predicted octanol–water partition coefficient (Wildman–Crippen LogP) is 0.443. The van der Waals surface area contributed by atoms with E-state index in [-0.39, 0.29) is 11.9 Å². The average molecular weight is 234 g/mol. The summed E-state index contributed by atoms with van der Waals surface area (Å²) < 4.78 is 4.50. The fourth-order valence-electron chi connectivity index (χ4n) is 0.921. The summed E-state index contributed by atoms with van der Waals surface area (Å²) in [4.78, 5) is 21.5. The minimum absolute atomic E-state index is 0.130. The number of rotatable bonds is 8. The molecule has 0 aromatic carbocycles. The molecule has 0 bridgehead atoms. The van der Waals surface area contributed by atoms with Crippen molar-refractivity contribution in [3.05, 3.63) is 0 Å². The van der Waals surface area contributed by atoms with Crippen LogP contribution >= 0.6 is 11.8 Å². The van der Waals surface area contributed by atoms with E-state index in [0.717, 1.165) is 24.3 Å². The Kier molecular flexibility index (Phi) is 9.30. The summed E-state index contributed by atoms with van der Waals surface area (Å²) in [6.07, 6.45) is 2.70. The van der Waals surface area contributed by atoms with Crippen LogP contribution in [0.4, 0.5) is 0 Å². The van der Waals surface area contributed by atoms with Crippen LogP contribution in [0.15, 0.2) is 0 Å². The van der Waals surface area contributed by atoms with Gasteiger partial charge < -0.3 is 4.74 Å². The summed E-state index contributed by atoms with van der Waals surface area (Å²) >= 11 is 1.69. The van der Waals surface area contributed by atoms with Crippen molar-refractivity contribution in [2.24, 2.45) is 5.84 Å². The molecule has 0 rings (SSSR count). The monoisotopic (exact) mass is 234 g/mol. The summed E-state index contributed by atoms with van der Waals surface area (Å²) in [5.74, 6) is 6.35. The topological polar surface area (TPSA) is 81.4 Å². The van der Waals surface area contributed by atoms with Gasteiger partial charge in [-0.3, -0.25) is 15.0 Å². The Morgan fingerprint density at radius 1 is 1.27 bits per heavy atom. The number of hydrazine groups is 1. The molecule has 0 atom stereocenters. The van der Waals surface area contributed by atoms with Gasteiger partial charge >= 0.3 is 5.97 Å². The van der Waals surface area contributed by atoms with Crippen LogP contribution in [0.3, 0.4) is 0 Å². The van der Waals surface area contributed by atoms with Crippen molar-refractivity contribution < 1.29 is 14.3 Å². The van der Waals surface area contributed by atoms with Gasteiger partial charge in [-0.1, -0.05) is 0 Å². The molecule has 0 unspecified atom stereocenters. The number of esters is 1. The van der Waals surface area contributed by atoms with Crippen LogP contribution < -0.4 is 11.3 Å². The molecule has 0 heterocycles. The van der Waals surface area contributed by atoms with Gasteiger partial charge in [0, 0.05) is 12.2 Å². The van der Waals surface area contributed by atoms with Crippen LogP contribution in [0.5, 0.6) is 0 Å². The van der Waals surface area contributed by atoms with Gasteiger partial charge in [0.1, 0.15) is 0 Å². The molecule has 0 fully saturated rings. The van der Waals surface area contributed by atoms with E-state index in [0.29, 0.717) is 12.8 Å². The van der Waals surface area contributed by atoms with Gasteiger partial charge in [-0.15, -0.1) is 0 Å². The molecule has 0 aliphatic carbocycles. The van der Waals surface area contributed by atoms with E-state index in [1.54, 1.807) is 11.8 Å². The molecule has 15 heavy (non-hydrogen) atoms. The summed E-state index contributed by atoms with van der Waals surface area (Å²) in [6.45, 7) is 0. The Balaban J connectivity index is 3.11. The molecular formula is C9H18N2O3S. The second kappa shape index (κ2) is 9.79. The highest BCUT2D eigenvalue weighted by molar-refractivity contribution is 7.99. The highest BCUT2D eigenvalue weighted by Crippen LogP contribution is 2.07.